The number of ketones is 1. The number of carbonyl (C=O) groups is 2. The molecule has 4 saturated carbocycles. The third-order valence-corrected chi connectivity index (χ3v) is 7.43. The molecule has 6 heteroatoms. The summed E-state index contributed by atoms with van der Waals surface area (Å²) in [6, 6.07) is 0.277. The number of nitrogens with zero attached hydrogens (tertiary/aromatic N) is 1. The first-order valence-electron chi connectivity index (χ1n) is 10.7. The first-order chi connectivity index (χ1) is 14.0. The molecule has 1 aromatic heterocycles. The van der Waals surface area contributed by atoms with Gasteiger partial charge in [0.25, 0.3) is 0 Å². The van der Waals surface area contributed by atoms with Gasteiger partial charge < -0.3 is 15.2 Å². The Labute approximate surface area is 170 Å². The number of hydrogen-bond acceptors (Lipinski definition) is 6. The van der Waals surface area contributed by atoms with E-state index in [1.807, 2.05) is 6.08 Å². The van der Waals surface area contributed by atoms with Crippen molar-refractivity contribution < 1.29 is 19.4 Å². The Morgan fingerprint density at radius 2 is 2.00 bits per heavy atom. The number of aromatic nitrogens is 1. The Bertz CT molecular complexity index is 877. The highest BCUT2D eigenvalue weighted by atomic mass is 16.5. The number of anilines is 1. The highest BCUT2D eigenvalue weighted by Crippen LogP contribution is 2.56. The Morgan fingerprint density at radius 1 is 1.24 bits per heavy atom. The van der Waals surface area contributed by atoms with E-state index in [0.717, 1.165) is 55.5 Å². The van der Waals surface area contributed by atoms with Gasteiger partial charge in [0.15, 0.2) is 5.78 Å². The van der Waals surface area contributed by atoms with Crippen molar-refractivity contribution in [3.05, 3.63) is 29.1 Å². The molecule has 0 aromatic carbocycles. The smallest absolute Gasteiger partial charge is 0.305 e. The number of esters is 1. The van der Waals surface area contributed by atoms with Crippen LogP contribution in [-0.4, -0.2) is 40.6 Å². The summed E-state index contributed by atoms with van der Waals surface area (Å²) in [5.74, 6) is 1.06. The van der Waals surface area contributed by atoms with Crippen molar-refractivity contribution in [1.82, 2.24) is 4.98 Å². The van der Waals surface area contributed by atoms with Gasteiger partial charge >= 0.3 is 5.97 Å². The Balaban J connectivity index is 1.43. The monoisotopic (exact) mass is 396 g/mol. The van der Waals surface area contributed by atoms with Crippen molar-refractivity contribution >= 4 is 23.5 Å². The van der Waals surface area contributed by atoms with Crippen LogP contribution >= 0.6 is 0 Å². The Morgan fingerprint density at radius 3 is 2.69 bits per heavy atom. The fourth-order valence-corrected chi connectivity index (χ4v) is 6.40. The topological polar surface area (TPSA) is 88.5 Å². The second-order valence-corrected chi connectivity index (χ2v) is 9.38. The SMILES string of the molecule is COC(=O)CCC(=O)c1cnc2c(c1NC1C3CC4CC1CC(O)(C4)C3)C=CC2. The molecule has 5 aliphatic rings. The molecule has 2 atom stereocenters. The van der Waals surface area contributed by atoms with Crippen LogP contribution in [-0.2, 0) is 16.0 Å². The number of hydrogen-bond donors (Lipinski definition) is 2. The Kier molecular flexibility index (Phi) is 4.50. The minimum atomic E-state index is -0.478. The van der Waals surface area contributed by atoms with E-state index < -0.39 is 5.60 Å². The average Bonchev–Trinajstić information content (AvgIpc) is 3.16. The van der Waals surface area contributed by atoms with Gasteiger partial charge in [0.2, 0.25) is 0 Å². The number of Topliss-reactive ketones (excluding diaryl/α,β-unsaturated/α-hetero) is 1. The molecule has 1 heterocycles. The summed E-state index contributed by atoms with van der Waals surface area (Å²) >= 11 is 0. The van der Waals surface area contributed by atoms with Crippen molar-refractivity contribution in [3.8, 4) is 0 Å². The average molecular weight is 396 g/mol. The van der Waals surface area contributed by atoms with Crippen LogP contribution in [0.5, 0.6) is 0 Å². The lowest BCUT2D eigenvalue weighted by Gasteiger charge is -2.58. The lowest BCUT2D eigenvalue weighted by molar-refractivity contribution is -0.140. The molecule has 1 aromatic rings. The van der Waals surface area contributed by atoms with Crippen LogP contribution < -0.4 is 5.32 Å². The van der Waals surface area contributed by atoms with E-state index in [1.54, 1.807) is 6.20 Å². The molecule has 0 aliphatic heterocycles. The predicted molar refractivity (Wildman–Crippen MR) is 108 cm³/mol. The number of rotatable bonds is 6. The minimum Gasteiger partial charge on any atom is -0.469 e. The molecule has 154 valence electrons. The van der Waals surface area contributed by atoms with Crippen molar-refractivity contribution in [2.45, 2.75) is 63.0 Å². The molecular weight excluding hydrogens is 368 g/mol. The zero-order valence-electron chi connectivity index (χ0n) is 16.8. The zero-order valence-corrected chi connectivity index (χ0v) is 16.8. The number of ether oxygens (including phenoxy) is 1. The molecule has 0 radical (unpaired) electrons. The molecule has 0 amide bonds. The van der Waals surface area contributed by atoms with Gasteiger partial charge in [-0.2, -0.15) is 0 Å². The summed E-state index contributed by atoms with van der Waals surface area (Å²) in [4.78, 5) is 28.9. The van der Waals surface area contributed by atoms with Crippen LogP contribution in [0.25, 0.3) is 6.08 Å². The van der Waals surface area contributed by atoms with E-state index >= 15 is 0 Å². The van der Waals surface area contributed by atoms with Gasteiger partial charge in [0.05, 0.1) is 36.1 Å². The third-order valence-electron chi connectivity index (χ3n) is 7.43. The second kappa shape index (κ2) is 6.94. The maximum absolute atomic E-state index is 12.9. The van der Waals surface area contributed by atoms with Crippen molar-refractivity contribution in [2.75, 3.05) is 12.4 Å². The summed E-state index contributed by atoms with van der Waals surface area (Å²) in [5, 5.41) is 14.6. The maximum Gasteiger partial charge on any atom is 0.305 e. The molecule has 6 rings (SSSR count). The van der Waals surface area contributed by atoms with Crippen LogP contribution in [0.1, 0.15) is 66.6 Å². The molecule has 2 unspecified atom stereocenters. The standard InChI is InChI=1S/C23H28N2O4/c1-29-20(27)6-5-19(26)17-12-24-18-4-2-3-16(18)22(17)25-21-14-7-13-8-15(21)11-23(28,9-13)10-14/h2-3,12-15,21,28H,4-11H2,1H3,(H,24,25). The quantitative estimate of drug-likeness (QED) is 0.567. The van der Waals surface area contributed by atoms with Crippen molar-refractivity contribution in [2.24, 2.45) is 17.8 Å². The molecule has 2 N–H and O–H groups in total. The fourth-order valence-electron chi connectivity index (χ4n) is 6.40. The lowest BCUT2D eigenvalue weighted by Crippen LogP contribution is -2.59. The van der Waals surface area contributed by atoms with Gasteiger partial charge in [0.1, 0.15) is 0 Å². The number of pyridine rings is 1. The highest BCUT2D eigenvalue weighted by Gasteiger charge is 2.54. The minimum absolute atomic E-state index is 0.0745. The summed E-state index contributed by atoms with van der Waals surface area (Å²) in [5.41, 5.74) is 2.93. The number of allylic oxidation sites excluding steroid dienone is 1. The van der Waals surface area contributed by atoms with E-state index in [9.17, 15) is 14.7 Å². The molecule has 5 aliphatic carbocycles. The largest absolute Gasteiger partial charge is 0.469 e. The molecule has 29 heavy (non-hydrogen) atoms. The molecule has 0 saturated heterocycles. The van der Waals surface area contributed by atoms with Gasteiger partial charge in [-0.05, 0) is 49.9 Å². The predicted octanol–water partition coefficient (Wildman–Crippen LogP) is 3.14. The summed E-state index contributed by atoms with van der Waals surface area (Å²) in [6.45, 7) is 0. The summed E-state index contributed by atoms with van der Waals surface area (Å²) in [6.07, 6.45) is 11.7. The van der Waals surface area contributed by atoms with E-state index in [1.165, 1.54) is 7.11 Å². The molecule has 4 fully saturated rings. The van der Waals surface area contributed by atoms with Gasteiger partial charge in [-0.25, -0.2) is 0 Å². The number of methoxy groups -OCH3 is 1. The molecule has 4 bridgehead atoms. The van der Waals surface area contributed by atoms with Crippen LogP contribution in [0.2, 0.25) is 0 Å². The fraction of sp³-hybridized carbons (Fsp3) is 0.609. The maximum atomic E-state index is 12.9. The van der Waals surface area contributed by atoms with Crippen LogP contribution in [0.3, 0.4) is 0 Å². The van der Waals surface area contributed by atoms with Gasteiger partial charge in [0, 0.05) is 30.6 Å². The van der Waals surface area contributed by atoms with E-state index in [0.29, 0.717) is 23.3 Å². The van der Waals surface area contributed by atoms with E-state index in [4.69, 9.17) is 0 Å². The summed E-state index contributed by atoms with van der Waals surface area (Å²) < 4.78 is 4.68. The first-order valence-corrected chi connectivity index (χ1v) is 10.7. The number of carbonyl (C=O) groups excluding carboxylic acids is 2. The second-order valence-electron chi connectivity index (χ2n) is 9.38. The van der Waals surface area contributed by atoms with Crippen LogP contribution in [0.15, 0.2) is 12.3 Å². The number of nitrogens with one attached hydrogen (secondary N) is 1. The van der Waals surface area contributed by atoms with Gasteiger partial charge in [-0.3, -0.25) is 14.6 Å². The molecule has 0 spiro atoms. The van der Waals surface area contributed by atoms with Gasteiger partial charge in [-0.1, -0.05) is 12.2 Å². The van der Waals surface area contributed by atoms with E-state index in [-0.39, 0.29) is 30.6 Å². The van der Waals surface area contributed by atoms with E-state index in [2.05, 4.69) is 21.1 Å². The summed E-state index contributed by atoms with van der Waals surface area (Å²) in [7, 11) is 1.34. The third kappa shape index (κ3) is 3.27. The highest BCUT2D eigenvalue weighted by molar-refractivity contribution is 6.04. The van der Waals surface area contributed by atoms with Crippen LogP contribution in [0, 0.1) is 17.8 Å². The lowest BCUT2D eigenvalue weighted by atomic mass is 9.52. The van der Waals surface area contributed by atoms with Gasteiger partial charge in [-0.15, -0.1) is 0 Å². The molecular formula is C23H28N2O4. The van der Waals surface area contributed by atoms with Crippen molar-refractivity contribution in [1.29, 1.82) is 0 Å². The Hall–Kier alpha value is -2.21. The van der Waals surface area contributed by atoms with Crippen molar-refractivity contribution in [3.63, 3.8) is 0 Å². The molecule has 6 nitrogen and oxygen atoms in total. The number of aliphatic hydroxyl groups is 1. The van der Waals surface area contributed by atoms with Crippen LogP contribution in [0.4, 0.5) is 5.69 Å². The zero-order chi connectivity index (χ0) is 20.2. The normalized spacial score (nSPS) is 33.6. The first kappa shape index (κ1) is 18.8. The number of fused-ring (bicyclic) bond motifs is 1.